The maximum Gasteiger partial charge on any atom is 0.274 e. The van der Waals surface area contributed by atoms with Gasteiger partial charge in [0.2, 0.25) is 0 Å². The lowest BCUT2D eigenvalue weighted by molar-refractivity contribution is 0.0298. The summed E-state index contributed by atoms with van der Waals surface area (Å²) >= 11 is 0. The van der Waals surface area contributed by atoms with Crippen molar-refractivity contribution in [3.05, 3.63) is 42.4 Å². The summed E-state index contributed by atoms with van der Waals surface area (Å²) in [7, 11) is 1.68. The third-order valence-corrected chi connectivity index (χ3v) is 5.20. The summed E-state index contributed by atoms with van der Waals surface area (Å²) in [5.41, 5.74) is 1.58. The summed E-state index contributed by atoms with van der Waals surface area (Å²) in [6.07, 6.45) is 3.29. The number of methoxy groups -OCH3 is 1. The van der Waals surface area contributed by atoms with Crippen molar-refractivity contribution in [1.82, 2.24) is 14.9 Å². The van der Waals surface area contributed by atoms with E-state index in [1.165, 1.54) is 5.69 Å². The smallest absolute Gasteiger partial charge is 0.274 e. The number of rotatable bonds is 4. The third-order valence-electron chi connectivity index (χ3n) is 5.20. The Kier molecular flexibility index (Phi) is 5.57. The second kappa shape index (κ2) is 8.43. The quantitative estimate of drug-likeness (QED) is 0.788. The summed E-state index contributed by atoms with van der Waals surface area (Å²) in [5.74, 6) is 1.60. The molecule has 0 atom stereocenters. The number of benzene rings is 1. The van der Waals surface area contributed by atoms with Crippen molar-refractivity contribution in [2.75, 3.05) is 69.4 Å². The Labute approximate surface area is 164 Å². The fourth-order valence-electron chi connectivity index (χ4n) is 3.51. The molecule has 1 aromatic heterocycles. The molecule has 2 aromatic rings. The maximum atomic E-state index is 12.5. The van der Waals surface area contributed by atoms with E-state index in [0.717, 1.165) is 37.7 Å². The third kappa shape index (κ3) is 4.01. The van der Waals surface area contributed by atoms with Crippen LogP contribution in [0, 0.1) is 0 Å². The predicted molar refractivity (Wildman–Crippen MR) is 106 cm³/mol. The van der Waals surface area contributed by atoms with Crippen LogP contribution in [0.4, 0.5) is 11.5 Å². The van der Waals surface area contributed by atoms with Crippen LogP contribution >= 0.6 is 0 Å². The van der Waals surface area contributed by atoms with Gasteiger partial charge in [-0.05, 0) is 24.3 Å². The number of hydrogen-bond donors (Lipinski definition) is 0. The summed E-state index contributed by atoms with van der Waals surface area (Å²) in [6, 6.07) is 8.13. The molecule has 2 fully saturated rings. The van der Waals surface area contributed by atoms with Crippen molar-refractivity contribution in [1.29, 1.82) is 0 Å². The van der Waals surface area contributed by atoms with Gasteiger partial charge in [-0.1, -0.05) is 0 Å². The molecule has 28 heavy (non-hydrogen) atoms. The van der Waals surface area contributed by atoms with Crippen LogP contribution in [0.15, 0.2) is 36.7 Å². The Morgan fingerprint density at radius 1 is 0.929 bits per heavy atom. The van der Waals surface area contributed by atoms with Gasteiger partial charge in [-0.3, -0.25) is 4.79 Å². The van der Waals surface area contributed by atoms with Gasteiger partial charge >= 0.3 is 0 Å². The van der Waals surface area contributed by atoms with Crippen LogP contribution in [-0.4, -0.2) is 80.4 Å². The zero-order valence-corrected chi connectivity index (χ0v) is 16.1. The van der Waals surface area contributed by atoms with Crippen LogP contribution in [0.5, 0.6) is 5.75 Å². The van der Waals surface area contributed by atoms with Gasteiger partial charge < -0.3 is 24.2 Å². The van der Waals surface area contributed by atoms with E-state index in [9.17, 15) is 4.79 Å². The zero-order chi connectivity index (χ0) is 19.3. The Balaban J connectivity index is 1.34. The van der Waals surface area contributed by atoms with Gasteiger partial charge in [0.05, 0.1) is 32.7 Å². The van der Waals surface area contributed by atoms with E-state index in [1.807, 2.05) is 12.1 Å². The Morgan fingerprint density at radius 3 is 2.21 bits per heavy atom. The van der Waals surface area contributed by atoms with Gasteiger partial charge in [0.1, 0.15) is 17.3 Å². The van der Waals surface area contributed by atoms with E-state index in [2.05, 4.69) is 31.9 Å². The molecule has 8 nitrogen and oxygen atoms in total. The molecule has 0 aliphatic carbocycles. The molecule has 0 N–H and O–H groups in total. The highest BCUT2D eigenvalue weighted by Crippen LogP contribution is 2.22. The van der Waals surface area contributed by atoms with Crippen molar-refractivity contribution in [3.8, 4) is 5.75 Å². The standard InChI is InChI=1S/C20H25N5O3/c1-27-17-4-2-16(3-5-17)23-6-8-24(9-7-23)19-15-21-18(14-22-19)20(26)25-10-12-28-13-11-25/h2-5,14-15H,6-13H2,1H3. The first-order chi connectivity index (χ1) is 13.7. The molecule has 148 valence electrons. The number of ether oxygens (including phenoxy) is 2. The maximum absolute atomic E-state index is 12.5. The first-order valence-corrected chi connectivity index (χ1v) is 9.57. The zero-order valence-electron chi connectivity index (χ0n) is 16.1. The summed E-state index contributed by atoms with van der Waals surface area (Å²) in [4.78, 5) is 27.6. The molecule has 4 rings (SSSR count). The molecular formula is C20H25N5O3. The largest absolute Gasteiger partial charge is 0.497 e. The van der Waals surface area contributed by atoms with Gasteiger partial charge in [0.25, 0.3) is 5.91 Å². The lowest BCUT2D eigenvalue weighted by Gasteiger charge is -2.36. The fourth-order valence-corrected chi connectivity index (χ4v) is 3.51. The molecular weight excluding hydrogens is 358 g/mol. The van der Waals surface area contributed by atoms with Crippen molar-refractivity contribution >= 4 is 17.4 Å². The number of hydrogen-bond acceptors (Lipinski definition) is 7. The molecule has 0 saturated carbocycles. The van der Waals surface area contributed by atoms with Gasteiger partial charge in [-0.25, -0.2) is 9.97 Å². The predicted octanol–water partition coefficient (Wildman–Crippen LogP) is 1.28. The number of morpholine rings is 1. The molecule has 2 aliphatic heterocycles. The molecule has 2 aliphatic rings. The molecule has 3 heterocycles. The average Bonchev–Trinajstić information content (AvgIpc) is 2.79. The SMILES string of the molecule is COc1ccc(N2CCN(c3cnc(C(=O)N4CCOCC4)cn3)CC2)cc1. The molecule has 0 spiro atoms. The Hall–Kier alpha value is -2.87. The topological polar surface area (TPSA) is 71.0 Å². The average molecular weight is 383 g/mol. The van der Waals surface area contributed by atoms with Gasteiger partial charge in [-0.2, -0.15) is 0 Å². The molecule has 0 radical (unpaired) electrons. The number of nitrogens with zero attached hydrogens (tertiary/aromatic N) is 5. The Morgan fingerprint density at radius 2 is 1.61 bits per heavy atom. The van der Waals surface area contributed by atoms with Crippen molar-refractivity contribution in [2.24, 2.45) is 0 Å². The minimum atomic E-state index is -0.0772. The van der Waals surface area contributed by atoms with E-state index in [1.54, 1.807) is 24.4 Å². The summed E-state index contributed by atoms with van der Waals surface area (Å²) in [5, 5.41) is 0. The van der Waals surface area contributed by atoms with Gasteiger partial charge in [-0.15, -0.1) is 0 Å². The Bertz CT molecular complexity index is 782. The summed E-state index contributed by atoms with van der Waals surface area (Å²) < 4.78 is 10.5. The van der Waals surface area contributed by atoms with Crippen molar-refractivity contribution in [3.63, 3.8) is 0 Å². The highest BCUT2D eigenvalue weighted by Gasteiger charge is 2.22. The number of amides is 1. The fraction of sp³-hybridized carbons (Fsp3) is 0.450. The highest BCUT2D eigenvalue weighted by molar-refractivity contribution is 5.92. The number of anilines is 2. The lowest BCUT2D eigenvalue weighted by Crippen LogP contribution is -2.47. The van der Waals surface area contributed by atoms with E-state index in [4.69, 9.17) is 9.47 Å². The molecule has 1 amide bonds. The molecule has 2 saturated heterocycles. The number of carbonyl (C=O) groups is 1. The van der Waals surface area contributed by atoms with Crippen molar-refractivity contribution < 1.29 is 14.3 Å². The molecule has 0 unspecified atom stereocenters. The highest BCUT2D eigenvalue weighted by atomic mass is 16.5. The van der Waals surface area contributed by atoms with Crippen LogP contribution in [0.2, 0.25) is 0 Å². The lowest BCUT2D eigenvalue weighted by atomic mass is 10.2. The second-order valence-corrected chi connectivity index (χ2v) is 6.84. The normalized spacial score (nSPS) is 17.5. The number of carbonyl (C=O) groups excluding carboxylic acids is 1. The van der Waals surface area contributed by atoms with Gasteiger partial charge in [0, 0.05) is 45.0 Å². The molecule has 0 bridgehead atoms. The minimum Gasteiger partial charge on any atom is -0.497 e. The first-order valence-electron chi connectivity index (χ1n) is 9.57. The van der Waals surface area contributed by atoms with Crippen LogP contribution in [0.25, 0.3) is 0 Å². The molecule has 1 aromatic carbocycles. The monoisotopic (exact) mass is 383 g/mol. The van der Waals surface area contributed by atoms with Gasteiger partial charge in [0.15, 0.2) is 0 Å². The van der Waals surface area contributed by atoms with E-state index in [-0.39, 0.29) is 5.91 Å². The first kappa shape index (κ1) is 18.5. The number of aromatic nitrogens is 2. The second-order valence-electron chi connectivity index (χ2n) is 6.84. The van der Waals surface area contributed by atoms with Crippen molar-refractivity contribution in [2.45, 2.75) is 0 Å². The summed E-state index contributed by atoms with van der Waals surface area (Å²) in [6.45, 7) is 5.90. The molecule has 8 heteroatoms. The van der Waals surface area contributed by atoms with E-state index < -0.39 is 0 Å². The minimum absolute atomic E-state index is 0.0772. The van der Waals surface area contributed by atoms with Crippen LogP contribution in [0.3, 0.4) is 0 Å². The van der Waals surface area contributed by atoms with E-state index in [0.29, 0.717) is 32.0 Å². The van der Waals surface area contributed by atoms with Crippen LogP contribution in [0.1, 0.15) is 10.5 Å². The number of piperazine rings is 1. The van der Waals surface area contributed by atoms with Crippen LogP contribution in [-0.2, 0) is 4.74 Å². The van der Waals surface area contributed by atoms with Crippen LogP contribution < -0.4 is 14.5 Å². The van der Waals surface area contributed by atoms with E-state index >= 15 is 0 Å².